The minimum absolute atomic E-state index is 0.315. The Morgan fingerprint density at radius 2 is 1.77 bits per heavy atom. The van der Waals surface area contributed by atoms with Crippen molar-refractivity contribution in [3.05, 3.63) is 88.9 Å². The lowest BCUT2D eigenvalue weighted by Crippen LogP contribution is -2.09. The minimum atomic E-state index is 0.315. The fourth-order valence-electron chi connectivity index (χ4n) is 3.55. The monoisotopic (exact) mass is 288 g/mol. The average molecular weight is 288 g/mol. The quantitative estimate of drug-likeness (QED) is 0.729. The van der Waals surface area contributed by atoms with Gasteiger partial charge in [-0.1, -0.05) is 61.5 Å². The van der Waals surface area contributed by atoms with E-state index in [2.05, 4.69) is 67.6 Å². The molecule has 110 valence electrons. The van der Waals surface area contributed by atoms with Gasteiger partial charge < -0.3 is 4.74 Å². The number of benzene rings is 2. The Kier molecular flexibility index (Phi) is 3.34. The zero-order valence-electron chi connectivity index (χ0n) is 12.9. The molecule has 4 rings (SSSR count). The predicted molar refractivity (Wildman–Crippen MR) is 90.3 cm³/mol. The van der Waals surface area contributed by atoms with Gasteiger partial charge in [-0.25, -0.2) is 0 Å². The smallest absolute Gasteiger partial charge is 0.113 e. The van der Waals surface area contributed by atoms with E-state index in [1.165, 1.54) is 22.3 Å². The van der Waals surface area contributed by atoms with E-state index in [9.17, 15) is 0 Å². The fourth-order valence-corrected chi connectivity index (χ4v) is 3.55. The summed E-state index contributed by atoms with van der Waals surface area (Å²) >= 11 is 0. The molecule has 0 spiro atoms. The van der Waals surface area contributed by atoms with Crippen molar-refractivity contribution >= 4 is 5.57 Å². The van der Waals surface area contributed by atoms with Crippen molar-refractivity contribution in [2.75, 3.05) is 0 Å². The maximum absolute atomic E-state index is 6.23. The Balaban J connectivity index is 1.82. The topological polar surface area (TPSA) is 9.23 Å². The fraction of sp³-hybridized carbons (Fsp3) is 0.238. The van der Waals surface area contributed by atoms with Gasteiger partial charge in [0, 0.05) is 24.3 Å². The van der Waals surface area contributed by atoms with Crippen LogP contribution in [0, 0.1) is 0 Å². The molecule has 1 atom stereocenters. The highest BCUT2D eigenvalue weighted by atomic mass is 16.5. The molecule has 0 bridgehead atoms. The minimum Gasteiger partial charge on any atom is -0.466 e. The molecule has 1 nitrogen and oxygen atoms in total. The van der Waals surface area contributed by atoms with Crippen LogP contribution in [0.2, 0.25) is 0 Å². The molecule has 0 N–H and O–H groups in total. The summed E-state index contributed by atoms with van der Waals surface area (Å²) in [6, 6.07) is 19.5. The normalized spacial score (nSPS) is 19.3. The summed E-state index contributed by atoms with van der Waals surface area (Å²) in [4.78, 5) is 0. The zero-order chi connectivity index (χ0) is 14.9. The van der Waals surface area contributed by atoms with Gasteiger partial charge in [0.1, 0.15) is 11.5 Å². The number of fused-ring (bicyclic) bond motifs is 2. The molecule has 22 heavy (non-hydrogen) atoms. The van der Waals surface area contributed by atoms with Gasteiger partial charge in [-0.2, -0.15) is 0 Å². The SMILES string of the molecule is CCCC1=CC(c2ccccc2)C2=C(Cc3ccccc32)O1. The average Bonchev–Trinajstić information content (AvgIpc) is 2.93. The van der Waals surface area contributed by atoms with E-state index in [-0.39, 0.29) is 0 Å². The Hall–Kier alpha value is -2.28. The molecule has 0 amide bonds. The first kappa shape index (κ1) is 13.4. The molecular formula is C21H20O. The molecule has 2 aromatic rings. The van der Waals surface area contributed by atoms with E-state index in [0.717, 1.165) is 30.8 Å². The first-order valence-corrected chi connectivity index (χ1v) is 8.11. The molecule has 0 saturated heterocycles. The molecule has 1 heteroatoms. The molecule has 2 aliphatic rings. The summed E-state index contributed by atoms with van der Waals surface area (Å²) in [5, 5.41) is 0. The van der Waals surface area contributed by atoms with Crippen LogP contribution in [0.5, 0.6) is 0 Å². The van der Waals surface area contributed by atoms with Gasteiger partial charge in [-0.3, -0.25) is 0 Å². The van der Waals surface area contributed by atoms with Gasteiger partial charge in [0.15, 0.2) is 0 Å². The van der Waals surface area contributed by atoms with Gasteiger partial charge in [0.05, 0.1) is 0 Å². The van der Waals surface area contributed by atoms with Crippen LogP contribution in [0.15, 0.2) is 72.2 Å². The third kappa shape index (κ3) is 2.18. The molecular weight excluding hydrogens is 268 g/mol. The molecule has 0 radical (unpaired) electrons. The Bertz CT molecular complexity index is 752. The van der Waals surface area contributed by atoms with E-state index in [0.29, 0.717) is 5.92 Å². The van der Waals surface area contributed by atoms with Crippen LogP contribution >= 0.6 is 0 Å². The molecule has 1 unspecified atom stereocenters. The number of ether oxygens (including phenoxy) is 1. The standard InChI is InChI=1S/C21H20O/c1-2-8-17-14-19(15-9-4-3-5-10-15)21-18-12-7-6-11-16(18)13-20(21)22-17/h3-7,9-12,14,19H,2,8,13H2,1H3. The van der Waals surface area contributed by atoms with Crippen LogP contribution in [0.25, 0.3) is 5.57 Å². The van der Waals surface area contributed by atoms with Gasteiger partial charge >= 0.3 is 0 Å². The number of allylic oxidation sites excluding steroid dienone is 4. The largest absolute Gasteiger partial charge is 0.466 e. The van der Waals surface area contributed by atoms with E-state index in [4.69, 9.17) is 4.74 Å². The van der Waals surface area contributed by atoms with Gasteiger partial charge in [-0.15, -0.1) is 0 Å². The summed E-state index contributed by atoms with van der Waals surface area (Å²) < 4.78 is 6.23. The maximum atomic E-state index is 6.23. The zero-order valence-corrected chi connectivity index (χ0v) is 12.9. The highest BCUT2D eigenvalue weighted by Crippen LogP contribution is 2.47. The third-order valence-corrected chi connectivity index (χ3v) is 4.53. The van der Waals surface area contributed by atoms with Gasteiger partial charge in [0.25, 0.3) is 0 Å². The van der Waals surface area contributed by atoms with Crippen molar-refractivity contribution in [1.29, 1.82) is 0 Å². The van der Waals surface area contributed by atoms with Crippen LogP contribution in [-0.2, 0) is 11.2 Å². The second kappa shape index (κ2) is 5.49. The maximum Gasteiger partial charge on any atom is 0.113 e. The molecule has 2 aromatic carbocycles. The van der Waals surface area contributed by atoms with E-state index < -0.39 is 0 Å². The van der Waals surface area contributed by atoms with Gasteiger partial charge in [0.2, 0.25) is 0 Å². The highest BCUT2D eigenvalue weighted by Gasteiger charge is 2.32. The third-order valence-electron chi connectivity index (χ3n) is 4.53. The van der Waals surface area contributed by atoms with Crippen molar-refractivity contribution in [3.8, 4) is 0 Å². The van der Waals surface area contributed by atoms with Crippen LogP contribution in [0.1, 0.15) is 42.4 Å². The molecule has 0 aromatic heterocycles. The number of hydrogen-bond acceptors (Lipinski definition) is 1. The van der Waals surface area contributed by atoms with Crippen molar-refractivity contribution in [1.82, 2.24) is 0 Å². The molecule has 1 heterocycles. The first-order chi connectivity index (χ1) is 10.9. The molecule has 0 fully saturated rings. The van der Waals surface area contributed by atoms with Crippen LogP contribution < -0.4 is 0 Å². The Morgan fingerprint density at radius 3 is 2.59 bits per heavy atom. The lowest BCUT2D eigenvalue weighted by molar-refractivity contribution is 0.277. The summed E-state index contributed by atoms with van der Waals surface area (Å²) in [5.74, 6) is 2.60. The molecule has 0 saturated carbocycles. The summed E-state index contributed by atoms with van der Waals surface area (Å²) in [6.45, 7) is 2.20. The number of rotatable bonds is 3. The van der Waals surface area contributed by atoms with Crippen LogP contribution in [0.3, 0.4) is 0 Å². The second-order valence-corrected chi connectivity index (χ2v) is 6.04. The van der Waals surface area contributed by atoms with Crippen molar-refractivity contribution < 1.29 is 4.74 Å². The van der Waals surface area contributed by atoms with Crippen LogP contribution in [-0.4, -0.2) is 0 Å². The van der Waals surface area contributed by atoms with Crippen LogP contribution in [0.4, 0.5) is 0 Å². The predicted octanol–water partition coefficient (Wildman–Crippen LogP) is 5.45. The lowest BCUT2D eigenvalue weighted by Gasteiger charge is -2.25. The van der Waals surface area contributed by atoms with E-state index >= 15 is 0 Å². The molecule has 1 aliphatic carbocycles. The molecule has 1 aliphatic heterocycles. The lowest BCUT2D eigenvalue weighted by atomic mass is 9.85. The summed E-state index contributed by atoms with van der Waals surface area (Å²) in [5.41, 5.74) is 5.46. The summed E-state index contributed by atoms with van der Waals surface area (Å²) in [6.07, 6.45) is 5.37. The van der Waals surface area contributed by atoms with E-state index in [1.54, 1.807) is 0 Å². The highest BCUT2D eigenvalue weighted by molar-refractivity contribution is 5.82. The Morgan fingerprint density at radius 1 is 1.00 bits per heavy atom. The second-order valence-electron chi connectivity index (χ2n) is 6.04. The van der Waals surface area contributed by atoms with Crippen molar-refractivity contribution in [3.63, 3.8) is 0 Å². The summed E-state index contributed by atoms with van der Waals surface area (Å²) in [7, 11) is 0. The van der Waals surface area contributed by atoms with E-state index in [1.807, 2.05) is 0 Å². The van der Waals surface area contributed by atoms with Crippen molar-refractivity contribution in [2.24, 2.45) is 0 Å². The Labute approximate surface area is 131 Å². The first-order valence-electron chi connectivity index (χ1n) is 8.11. The number of hydrogen-bond donors (Lipinski definition) is 0. The van der Waals surface area contributed by atoms with Gasteiger partial charge in [-0.05, 0) is 29.2 Å². The van der Waals surface area contributed by atoms with Crippen molar-refractivity contribution in [2.45, 2.75) is 32.1 Å².